The molecule has 2 amide bonds. The van der Waals surface area contributed by atoms with E-state index in [0.29, 0.717) is 10.1 Å². The summed E-state index contributed by atoms with van der Waals surface area (Å²) in [6.07, 6.45) is 0. The summed E-state index contributed by atoms with van der Waals surface area (Å²) in [6, 6.07) is 7.21. The molecule has 0 spiro atoms. The van der Waals surface area contributed by atoms with Crippen molar-refractivity contribution in [3.05, 3.63) is 35.4 Å². The number of carbonyl (C=O) groups is 3. The zero-order chi connectivity index (χ0) is 15.9. The van der Waals surface area contributed by atoms with Crippen LogP contribution in [0.15, 0.2) is 24.3 Å². The van der Waals surface area contributed by atoms with Gasteiger partial charge in [0.25, 0.3) is 5.91 Å². The summed E-state index contributed by atoms with van der Waals surface area (Å²) in [5, 5.41) is 0. The summed E-state index contributed by atoms with van der Waals surface area (Å²) in [4.78, 5) is 33.7. The molecule has 0 radical (unpaired) electrons. The lowest BCUT2D eigenvalue weighted by atomic mass is 10.1. The highest BCUT2D eigenvalue weighted by molar-refractivity contribution is 8.19. The highest BCUT2D eigenvalue weighted by atomic mass is 32.2. The van der Waals surface area contributed by atoms with Crippen molar-refractivity contribution in [1.29, 1.82) is 0 Å². The average molecular weight is 340 g/mol. The first-order chi connectivity index (χ1) is 10.6. The van der Waals surface area contributed by atoms with Crippen LogP contribution in [-0.2, 0) is 14.3 Å². The highest BCUT2D eigenvalue weighted by Gasteiger charge is 2.18. The molecule has 1 aromatic carbocycles. The van der Waals surface area contributed by atoms with Crippen LogP contribution in [0.25, 0.3) is 0 Å². The molecule has 2 N–H and O–H groups in total. The van der Waals surface area contributed by atoms with Crippen molar-refractivity contribution in [3.8, 4) is 0 Å². The zero-order valence-electron chi connectivity index (χ0n) is 12.0. The van der Waals surface area contributed by atoms with Crippen LogP contribution < -0.4 is 10.9 Å². The molecule has 1 heterocycles. The van der Waals surface area contributed by atoms with Gasteiger partial charge in [-0.25, -0.2) is 4.79 Å². The fourth-order valence-electron chi connectivity index (χ4n) is 1.74. The van der Waals surface area contributed by atoms with Crippen molar-refractivity contribution in [1.82, 2.24) is 10.9 Å². The van der Waals surface area contributed by atoms with Gasteiger partial charge >= 0.3 is 5.97 Å². The average Bonchev–Trinajstić information content (AvgIpc) is 3.05. The second-order valence-electron chi connectivity index (χ2n) is 4.50. The van der Waals surface area contributed by atoms with Crippen LogP contribution in [0, 0.1) is 0 Å². The van der Waals surface area contributed by atoms with Crippen molar-refractivity contribution in [2.75, 3.05) is 18.1 Å². The van der Waals surface area contributed by atoms with Gasteiger partial charge in [-0.15, -0.1) is 23.5 Å². The van der Waals surface area contributed by atoms with Crippen molar-refractivity contribution in [2.24, 2.45) is 0 Å². The lowest BCUT2D eigenvalue weighted by Crippen LogP contribution is -2.42. The number of ether oxygens (including phenoxy) is 1. The molecule has 1 aliphatic heterocycles. The van der Waals surface area contributed by atoms with Crippen LogP contribution in [0.4, 0.5) is 0 Å². The minimum atomic E-state index is -0.598. The van der Waals surface area contributed by atoms with E-state index >= 15 is 0 Å². The summed E-state index contributed by atoms with van der Waals surface area (Å²) in [7, 11) is 0. The van der Waals surface area contributed by atoms with Gasteiger partial charge in [0.05, 0.1) is 10.1 Å². The molecule has 0 aliphatic carbocycles. The maximum atomic E-state index is 11.8. The molecule has 1 aliphatic rings. The summed E-state index contributed by atoms with van der Waals surface area (Å²) in [5.41, 5.74) is 5.79. The standard InChI is InChI=1S/C14H16N2O4S2/c1-9(17)15-16-12(18)8-20-13(19)10-2-4-11(5-3-10)14-21-6-7-22-14/h2-5,14H,6-8H2,1H3,(H,15,17)(H,16,18). The minimum Gasteiger partial charge on any atom is -0.452 e. The van der Waals surface area contributed by atoms with E-state index in [4.69, 9.17) is 4.74 Å². The van der Waals surface area contributed by atoms with Crippen molar-refractivity contribution in [2.45, 2.75) is 11.5 Å². The molecule has 0 atom stereocenters. The third kappa shape index (κ3) is 4.96. The summed E-state index contributed by atoms with van der Waals surface area (Å²) < 4.78 is 5.30. The molecule has 118 valence electrons. The second kappa shape index (κ2) is 8.09. The Morgan fingerprint density at radius 1 is 1.14 bits per heavy atom. The van der Waals surface area contributed by atoms with Gasteiger partial charge in [0.15, 0.2) is 6.61 Å². The van der Waals surface area contributed by atoms with Crippen molar-refractivity contribution in [3.63, 3.8) is 0 Å². The fraction of sp³-hybridized carbons (Fsp3) is 0.357. The Morgan fingerprint density at radius 3 is 2.36 bits per heavy atom. The Morgan fingerprint density at radius 2 is 1.77 bits per heavy atom. The largest absolute Gasteiger partial charge is 0.452 e. The SMILES string of the molecule is CC(=O)NNC(=O)COC(=O)c1ccc(C2SCCS2)cc1. The Bertz CT molecular complexity index is 556. The number of hydrogen-bond acceptors (Lipinski definition) is 6. The molecular formula is C14H16N2O4S2. The van der Waals surface area contributed by atoms with E-state index in [1.807, 2.05) is 35.7 Å². The van der Waals surface area contributed by atoms with Gasteiger partial charge in [0, 0.05) is 18.4 Å². The number of rotatable bonds is 4. The molecular weight excluding hydrogens is 324 g/mol. The van der Waals surface area contributed by atoms with E-state index in [9.17, 15) is 14.4 Å². The quantitative estimate of drug-likeness (QED) is 0.638. The predicted octanol–water partition coefficient (Wildman–Crippen LogP) is 1.49. The molecule has 1 aromatic rings. The third-order valence-corrected chi connectivity index (χ3v) is 5.86. The number of hydrogen-bond donors (Lipinski definition) is 2. The Labute approximate surface area is 136 Å². The van der Waals surface area contributed by atoms with Gasteiger partial charge in [0.1, 0.15) is 0 Å². The number of amides is 2. The Hall–Kier alpha value is -1.67. The maximum Gasteiger partial charge on any atom is 0.338 e. The molecule has 1 saturated heterocycles. The first kappa shape index (κ1) is 16.7. The van der Waals surface area contributed by atoms with E-state index in [2.05, 4.69) is 10.9 Å². The molecule has 0 bridgehead atoms. The molecule has 2 rings (SSSR count). The normalized spacial score (nSPS) is 14.4. The van der Waals surface area contributed by atoms with Gasteiger partial charge < -0.3 is 4.74 Å². The molecule has 0 saturated carbocycles. The molecule has 8 heteroatoms. The lowest BCUT2D eigenvalue weighted by molar-refractivity contribution is -0.129. The van der Waals surface area contributed by atoms with Crippen molar-refractivity contribution < 1.29 is 19.1 Å². The van der Waals surface area contributed by atoms with Gasteiger partial charge in [-0.05, 0) is 17.7 Å². The molecule has 22 heavy (non-hydrogen) atoms. The smallest absolute Gasteiger partial charge is 0.338 e. The summed E-state index contributed by atoms with van der Waals surface area (Å²) >= 11 is 3.78. The first-order valence-electron chi connectivity index (χ1n) is 6.62. The predicted molar refractivity (Wildman–Crippen MR) is 86.3 cm³/mol. The Kier molecular flexibility index (Phi) is 6.14. The Balaban J connectivity index is 1.82. The zero-order valence-corrected chi connectivity index (χ0v) is 13.6. The molecule has 1 fully saturated rings. The lowest BCUT2D eigenvalue weighted by Gasteiger charge is -2.09. The van der Waals surface area contributed by atoms with Gasteiger partial charge in [0.2, 0.25) is 5.91 Å². The number of carbonyl (C=O) groups excluding carboxylic acids is 3. The molecule has 0 aromatic heterocycles. The van der Waals surface area contributed by atoms with Crippen LogP contribution in [-0.4, -0.2) is 35.9 Å². The number of hydrazine groups is 1. The van der Waals surface area contributed by atoms with Crippen LogP contribution >= 0.6 is 23.5 Å². The number of esters is 1. The number of nitrogens with one attached hydrogen (secondary N) is 2. The molecule has 6 nitrogen and oxygen atoms in total. The topological polar surface area (TPSA) is 84.5 Å². The monoisotopic (exact) mass is 340 g/mol. The first-order valence-corrected chi connectivity index (χ1v) is 8.72. The van der Waals surface area contributed by atoms with E-state index in [-0.39, 0.29) is 0 Å². The van der Waals surface area contributed by atoms with Crippen LogP contribution in [0.3, 0.4) is 0 Å². The molecule has 0 unspecified atom stereocenters. The van der Waals surface area contributed by atoms with Crippen molar-refractivity contribution >= 4 is 41.3 Å². The van der Waals surface area contributed by atoms with E-state index in [0.717, 1.165) is 11.5 Å². The minimum absolute atomic E-state index is 0.393. The van der Waals surface area contributed by atoms with E-state index < -0.39 is 24.4 Å². The second-order valence-corrected chi connectivity index (χ2v) is 7.23. The van der Waals surface area contributed by atoms with Gasteiger partial charge in [-0.3, -0.25) is 20.4 Å². The van der Waals surface area contributed by atoms with E-state index in [1.165, 1.54) is 12.5 Å². The van der Waals surface area contributed by atoms with Crippen LogP contribution in [0.5, 0.6) is 0 Å². The maximum absolute atomic E-state index is 11.8. The fourth-order valence-corrected chi connectivity index (χ4v) is 4.59. The van der Waals surface area contributed by atoms with Gasteiger partial charge in [-0.1, -0.05) is 12.1 Å². The van der Waals surface area contributed by atoms with Crippen LogP contribution in [0.2, 0.25) is 0 Å². The summed E-state index contributed by atoms with van der Waals surface area (Å²) in [6.45, 7) is 0.809. The highest BCUT2D eigenvalue weighted by Crippen LogP contribution is 2.45. The van der Waals surface area contributed by atoms with Gasteiger partial charge in [-0.2, -0.15) is 0 Å². The van der Waals surface area contributed by atoms with Crippen LogP contribution in [0.1, 0.15) is 27.4 Å². The third-order valence-electron chi connectivity index (χ3n) is 2.75. The number of benzene rings is 1. The number of thioether (sulfide) groups is 2. The van der Waals surface area contributed by atoms with E-state index in [1.54, 1.807) is 12.1 Å². The summed E-state index contributed by atoms with van der Waals surface area (Å²) in [5.74, 6) is 0.707.